The molecular weight excluding hydrogens is 410 g/mol. The molecule has 0 spiro atoms. The van der Waals surface area contributed by atoms with Crippen molar-refractivity contribution in [3.05, 3.63) is 59.7 Å². The van der Waals surface area contributed by atoms with E-state index >= 15 is 0 Å². The van der Waals surface area contributed by atoms with E-state index in [1.54, 1.807) is 32.0 Å². The number of ether oxygens (including phenoxy) is 2. The van der Waals surface area contributed by atoms with E-state index in [0.29, 0.717) is 23.7 Å². The lowest BCUT2D eigenvalue weighted by atomic mass is 9.86. The molecule has 9 heteroatoms. The summed E-state index contributed by atoms with van der Waals surface area (Å²) >= 11 is 0. The van der Waals surface area contributed by atoms with Gasteiger partial charge in [0.25, 0.3) is 0 Å². The zero-order valence-corrected chi connectivity index (χ0v) is 17.8. The minimum absolute atomic E-state index is 0.296. The third-order valence-corrected chi connectivity index (χ3v) is 6.17. The third kappa shape index (κ3) is 4.75. The summed E-state index contributed by atoms with van der Waals surface area (Å²) in [5.41, 5.74) is 0.165. The van der Waals surface area contributed by atoms with Crippen molar-refractivity contribution < 1.29 is 32.9 Å². The molecule has 2 atom stereocenters. The third-order valence-electron chi connectivity index (χ3n) is 4.96. The zero-order valence-electron chi connectivity index (χ0n) is 17.0. The molecule has 8 nitrogen and oxygen atoms in total. The Morgan fingerprint density at radius 3 is 2.47 bits per heavy atom. The van der Waals surface area contributed by atoms with Crippen LogP contribution in [-0.2, 0) is 21.4 Å². The first-order valence-electron chi connectivity index (χ1n) is 9.35. The number of aliphatic hydroxyl groups is 1. The normalized spacial score (nSPS) is 20.3. The zero-order chi connectivity index (χ0) is 22.1. The van der Waals surface area contributed by atoms with Gasteiger partial charge in [-0.1, -0.05) is 30.3 Å². The number of aliphatic hydroxyl groups excluding tert-OH is 1. The number of rotatable bonds is 7. The molecule has 162 valence electrons. The van der Waals surface area contributed by atoms with Gasteiger partial charge in [0.2, 0.25) is 10.0 Å². The first-order valence-corrected chi connectivity index (χ1v) is 11.2. The van der Waals surface area contributed by atoms with E-state index in [0.717, 1.165) is 16.1 Å². The van der Waals surface area contributed by atoms with E-state index in [2.05, 4.69) is 0 Å². The molecule has 1 aliphatic heterocycles. The Bertz CT molecular complexity index is 1020. The number of sulfonamides is 1. The van der Waals surface area contributed by atoms with E-state index in [1.165, 1.54) is 0 Å². The average molecular weight is 435 g/mol. The van der Waals surface area contributed by atoms with Gasteiger partial charge in [0.1, 0.15) is 36.4 Å². The van der Waals surface area contributed by atoms with Gasteiger partial charge in [-0.3, -0.25) is 4.79 Å². The fraction of sp³-hybridized carbons (Fsp3) is 0.381. The second kappa shape index (κ2) is 8.25. The molecule has 0 amide bonds. The van der Waals surface area contributed by atoms with Gasteiger partial charge >= 0.3 is 5.97 Å². The van der Waals surface area contributed by atoms with Crippen LogP contribution in [0.2, 0.25) is 0 Å². The molecule has 1 aliphatic rings. The molecule has 2 N–H and O–H groups in total. The number of fused-ring (bicyclic) bond motifs is 1. The number of carboxylic acids is 1. The molecule has 1 heterocycles. The topological polar surface area (TPSA) is 113 Å². The summed E-state index contributed by atoms with van der Waals surface area (Å²) in [5.74, 6) is -0.516. The minimum Gasteiger partial charge on any atom is -0.489 e. The lowest BCUT2D eigenvalue weighted by Gasteiger charge is -2.45. The van der Waals surface area contributed by atoms with Crippen LogP contribution in [0.4, 0.5) is 0 Å². The fourth-order valence-corrected chi connectivity index (χ4v) is 4.43. The Labute approximate surface area is 175 Å². The van der Waals surface area contributed by atoms with Crippen LogP contribution in [0.3, 0.4) is 0 Å². The second-order valence-electron chi connectivity index (χ2n) is 7.77. The van der Waals surface area contributed by atoms with E-state index in [4.69, 9.17) is 9.47 Å². The van der Waals surface area contributed by atoms with E-state index in [9.17, 15) is 23.4 Å². The number of aliphatic carboxylic acids is 1. The number of carboxylic acid groups (broad SMARTS) is 1. The molecule has 2 aromatic carbocycles. The van der Waals surface area contributed by atoms with Crippen molar-refractivity contribution in [2.75, 3.05) is 12.8 Å². The van der Waals surface area contributed by atoms with Gasteiger partial charge in [-0.25, -0.2) is 8.42 Å². The van der Waals surface area contributed by atoms with Gasteiger partial charge in [0, 0.05) is 5.56 Å². The van der Waals surface area contributed by atoms with Crippen LogP contribution in [0.5, 0.6) is 11.5 Å². The van der Waals surface area contributed by atoms with E-state index in [1.807, 2.05) is 30.3 Å². The van der Waals surface area contributed by atoms with Crippen molar-refractivity contribution in [2.24, 2.45) is 0 Å². The summed E-state index contributed by atoms with van der Waals surface area (Å²) in [4.78, 5) is 11.4. The van der Waals surface area contributed by atoms with Crippen molar-refractivity contribution >= 4 is 16.0 Å². The highest BCUT2D eigenvalue weighted by Crippen LogP contribution is 2.45. The van der Waals surface area contributed by atoms with Crippen LogP contribution in [0.1, 0.15) is 31.0 Å². The van der Waals surface area contributed by atoms with Crippen molar-refractivity contribution in [3.8, 4) is 11.5 Å². The lowest BCUT2D eigenvalue weighted by molar-refractivity contribution is -0.139. The molecule has 0 bridgehead atoms. The lowest BCUT2D eigenvalue weighted by Crippen LogP contribution is -2.55. The van der Waals surface area contributed by atoms with E-state index < -0.39 is 40.3 Å². The number of benzene rings is 2. The van der Waals surface area contributed by atoms with Crippen LogP contribution in [0.25, 0.3) is 0 Å². The predicted molar refractivity (Wildman–Crippen MR) is 110 cm³/mol. The van der Waals surface area contributed by atoms with Crippen molar-refractivity contribution in [2.45, 2.75) is 38.2 Å². The SMILES string of the molecule is CC1(C)Oc2ccc(OCc3ccccc3)cc2[C@H](N(CC(=O)O)S(C)(=O)=O)[C@H]1O. The highest BCUT2D eigenvalue weighted by Gasteiger charge is 2.48. The first-order chi connectivity index (χ1) is 14.0. The van der Waals surface area contributed by atoms with Crippen LogP contribution >= 0.6 is 0 Å². The Morgan fingerprint density at radius 2 is 1.87 bits per heavy atom. The van der Waals surface area contributed by atoms with Gasteiger partial charge in [-0.2, -0.15) is 4.31 Å². The molecule has 30 heavy (non-hydrogen) atoms. The molecule has 0 saturated heterocycles. The quantitative estimate of drug-likeness (QED) is 0.685. The van der Waals surface area contributed by atoms with Gasteiger partial charge < -0.3 is 19.7 Å². The smallest absolute Gasteiger partial charge is 0.318 e. The van der Waals surface area contributed by atoms with E-state index in [-0.39, 0.29) is 0 Å². The summed E-state index contributed by atoms with van der Waals surface area (Å²) in [6.07, 6.45) is -0.385. The Balaban J connectivity index is 2.01. The van der Waals surface area contributed by atoms with Crippen LogP contribution < -0.4 is 9.47 Å². The van der Waals surface area contributed by atoms with Gasteiger partial charge in [-0.15, -0.1) is 0 Å². The highest BCUT2D eigenvalue weighted by atomic mass is 32.2. The van der Waals surface area contributed by atoms with Crippen molar-refractivity contribution in [1.29, 1.82) is 0 Å². The summed E-state index contributed by atoms with van der Waals surface area (Å²) in [7, 11) is -3.96. The summed E-state index contributed by atoms with van der Waals surface area (Å²) in [6, 6.07) is 13.3. The maximum Gasteiger partial charge on any atom is 0.318 e. The minimum atomic E-state index is -3.96. The number of carbonyl (C=O) groups is 1. The van der Waals surface area contributed by atoms with Crippen molar-refractivity contribution in [3.63, 3.8) is 0 Å². The maximum absolute atomic E-state index is 12.4. The first kappa shape index (κ1) is 22.1. The number of hydrogen-bond donors (Lipinski definition) is 2. The molecule has 0 unspecified atom stereocenters. The second-order valence-corrected chi connectivity index (χ2v) is 9.71. The summed E-state index contributed by atoms with van der Waals surface area (Å²) in [6.45, 7) is 2.75. The molecule has 0 saturated carbocycles. The summed E-state index contributed by atoms with van der Waals surface area (Å²) < 4.78 is 37.3. The Morgan fingerprint density at radius 1 is 1.20 bits per heavy atom. The number of nitrogens with zero attached hydrogens (tertiary/aromatic N) is 1. The van der Waals surface area contributed by atoms with Gasteiger partial charge in [0.05, 0.1) is 12.3 Å². The molecule has 0 fully saturated rings. The molecule has 0 aliphatic carbocycles. The van der Waals surface area contributed by atoms with Crippen LogP contribution in [0.15, 0.2) is 48.5 Å². The summed E-state index contributed by atoms with van der Waals surface area (Å²) in [5, 5.41) is 20.2. The molecular formula is C21H25NO7S. The highest BCUT2D eigenvalue weighted by molar-refractivity contribution is 7.88. The molecule has 0 aromatic heterocycles. The average Bonchev–Trinajstić information content (AvgIpc) is 2.66. The fourth-order valence-electron chi connectivity index (χ4n) is 3.44. The molecule has 2 aromatic rings. The largest absolute Gasteiger partial charge is 0.489 e. The monoisotopic (exact) mass is 435 g/mol. The molecule has 0 radical (unpaired) electrons. The Hall–Kier alpha value is -2.62. The molecule has 3 rings (SSSR count). The maximum atomic E-state index is 12.4. The van der Waals surface area contributed by atoms with Crippen LogP contribution in [-0.4, -0.2) is 53.4 Å². The predicted octanol–water partition coefficient (Wildman–Crippen LogP) is 2.18. The van der Waals surface area contributed by atoms with Gasteiger partial charge in [0.15, 0.2) is 0 Å². The standard InChI is InChI=1S/C21H25NO7S/c1-21(2)20(25)19(22(12-18(23)24)30(3,26)27)16-11-15(9-10-17(16)29-21)28-13-14-7-5-4-6-8-14/h4-11,19-20,25H,12-13H2,1-3H3,(H,23,24)/t19-,20+/m0/s1. The number of hydrogen-bond acceptors (Lipinski definition) is 6. The van der Waals surface area contributed by atoms with Crippen molar-refractivity contribution in [1.82, 2.24) is 4.31 Å². The van der Waals surface area contributed by atoms with Gasteiger partial charge in [-0.05, 0) is 37.6 Å². The van der Waals surface area contributed by atoms with Crippen LogP contribution in [0, 0.1) is 0 Å². The Kier molecular flexibility index (Phi) is 6.07.